The highest BCUT2D eigenvalue weighted by Gasteiger charge is 2.15. The van der Waals surface area contributed by atoms with E-state index in [4.69, 9.17) is 9.47 Å². The minimum Gasteiger partial charge on any atom is -0.493 e. The zero-order valence-corrected chi connectivity index (χ0v) is 14.9. The molecule has 0 aliphatic carbocycles. The highest BCUT2D eigenvalue weighted by atomic mass is 16.5. The molecule has 3 rings (SSSR count). The van der Waals surface area contributed by atoms with Crippen molar-refractivity contribution < 1.29 is 14.3 Å². The average Bonchev–Trinajstić information content (AvgIpc) is 2.98. The van der Waals surface area contributed by atoms with E-state index in [-0.39, 0.29) is 5.91 Å². The SMILES string of the molecule is CCOc1cc(/C=N\NC(=O)c2c(C)nc3ccccn23)ccc1OC. The van der Waals surface area contributed by atoms with E-state index in [0.29, 0.717) is 29.5 Å². The lowest BCUT2D eigenvalue weighted by atomic mass is 10.2. The van der Waals surface area contributed by atoms with Crippen LogP contribution in [0.15, 0.2) is 47.7 Å². The van der Waals surface area contributed by atoms with Gasteiger partial charge in [-0.05, 0) is 49.7 Å². The van der Waals surface area contributed by atoms with Gasteiger partial charge in [-0.3, -0.25) is 9.20 Å². The number of carbonyl (C=O) groups is 1. The quantitative estimate of drug-likeness (QED) is 0.547. The number of imidazole rings is 1. The Bertz CT molecular complexity index is 963. The summed E-state index contributed by atoms with van der Waals surface area (Å²) in [4.78, 5) is 16.8. The largest absolute Gasteiger partial charge is 0.493 e. The normalized spacial score (nSPS) is 11.0. The Morgan fingerprint density at radius 1 is 1.31 bits per heavy atom. The van der Waals surface area contributed by atoms with Crippen molar-refractivity contribution in [1.29, 1.82) is 0 Å². The number of ether oxygens (including phenoxy) is 2. The Morgan fingerprint density at radius 3 is 2.92 bits per heavy atom. The van der Waals surface area contributed by atoms with E-state index in [1.54, 1.807) is 43.0 Å². The molecule has 26 heavy (non-hydrogen) atoms. The maximum atomic E-state index is 12.5. The molecule has 134 valence electrons. The van der Waals surface area contributed by atoms with Crippen LogP contribution >= 0.6 is 0 Å². The first-order valence-corrected chi connectivity index (χ1v) is 8.22. The monoisotopic (exact) mass is 352 g/mol. The van der Waals surface area contributed by atoms with Crippen LogP contribution in [0, 0.1) is 6.92 Å². The number of amides is 1. The van der Waals surface area contributed by atoms with Crippen molar-refractivity contribution >= 4 is 17.8 Å². The second kappa shape index (κ2) is 7.69. The molecule has 7 heteroatoms. The van der Waals surface area contributed by atoms with Crippen LogP contribution in [0.5, 0.6) is 11.5 Å². The Kier molecular flexibility index (Phi) is 5.17. The van der Waals surface area contributed by atoms with Gasteiger partial charge in [-0.15, -0.1) is 0 Å². The summed E-state index contributed by atoms with van der Waals surface area (Å²) in [6, 6.07) is 11.0. The first-order valence-electron chi connectivity index (χ1n) is 8.22. The molecule has 0 saturated heterocycles. The molecule has 0 radical (unpaired) electrons. The molecule has 0 fully saturated rings. The van der Waals surface area contributed by atoms with Crippen molar-refractivity contribution in [2.45, 2.75) is 13.8 Å². The number of benzene rings is 1. The molecular formula is C19H20N4O3. The van der Waals surface area contributed by atoms with Gasteiger partial charge in [0.1, 0.15) is 11.3 Å². The molecule has 0 saturated carbocycles. The Labute approximate surface area is 151 Å². The number of fused-ring (bicyclic) bond motifs is 1. The molecule has 0 atom stereocenters. The van der Waals surface area contributed by atoms with Crippen LogP contribution in [0.3, 0.4) is 0 Å². The highest BCUT2D eigenvalue weighted by molar-refractivity contribution is 5.95. The summed E-state index contributed by atoms with van der Waals surface area (Å²) in [7, 11) is 1.59. The van der Waals surface area contributed by atoms with Gasteiger partial charge >= 0.3 is 0 Å². The molecule has 0 spiro atoms. The predicted molar refractivity (Wildman–Crippen MR) is 99.2 cm³/mol. The number of nitrogens with one attached hydrogen (secondary N) is 1. The molecule has 0 aliphatic rings. The lowest BCUT2D eigenvalue weighted by molar-refractivity contribution is 0.0948. The number of methoxy groups -OCH3 is 1. The molecule has 2 heterocycles. The van der Waals surface area contributed by atoms with Crippen LogP contribution in [-0.2, 0) is 0 Å². The summed E-state index contributed by atoms with van der Waals surface area (Å²) in [5.41, 5.74) is 5.15. The van der Waals surface area contributed by atoms with Gasteiger partial charge in [0.15, 0.2) is 11.5 Å². The molecule has 0 aliphatic heterocycles. The molecule has 1 N–H and O–H groups in total. The van der Waals surface area contributed by atoms with E-state index in [1.165, 1.54) is 0 Å². The number of aromatic nitrogens is 2. The summed E-state index contributed by atoms with van der Waals surface area (Å²) in [5, 5.41) is 4.04. The molecular weight excluding hydrogens is 332 g/mol. The first kappa shape index (κ1) is 17.5. The van der Waals surface area contributed by atoms with E-state index in [1.807, 2.05) is 31.2 Å². The van der Waals surface area contributed by atoms with Crippen LogP contribution in [0.2, 0.25) is 0 Å². The summed E-state index contributed by atoms with van der Waals surface area (Å²) < 4.78 is 12.5. The molecule has 7 nitrogen and oxygen atoms in total. The van der Waals surface area contributed by atoms with Gasteiger partial charge in [0.05, 0.1) is 25.6 Å². The predicted octanol–water partition coefficient (Wildman–Crippen LogP) is 2.81. The number of hydrogen-bond donors (Lipinski definition) is 1. The lowest BCUT2D eigenvalue weighted by Crippen LogP contribution is -2.20. The van der Waals surface area contributed by atoms with Crippen molar-refractivity contribution in [3.63, 3.8) is 0 Å². The van der Waals surface area contributed by atoms with Crippen LogP contribution in [0.1, 0.15) is 28.7 Å². The van der Waals surface area contributed by atoms with Crippen molar-refractivity contribution in [1.82, 2.24) is 14.8 Å². The molecule has 0 bridgehead atoms. The fraction of sp³-hybridized carbons (Fsp3) is 0.211. The van der Waals surface area contributed by atoms with Gasteiger partial charge in [-0.1, -0.05) is 6.07 Å². The molecule has 1 aromatic carbocycles. The molecule has 1 amide bonds. The van der Waals surface area contributed by atoms with Gasteiger partial charge in [0.25, 0.3) is 5.91 Å². The smallest absolute Gasteiger partial charge is 0.290 e. The number of carbonyl (C=O) groups excluding carboxylic acids is 1. The molecule has 0 unspecified atom stereocenters. The zero-order valence-electron chi connectivity index (χ0n) is 14.9. The summed E-state index contributed by atoms with van der Waals surface area (Å²) >= 11 is 0. The Morgan fingerprint density at radius 2 is 2.15 bits per heavy atom. The number of pyridine rings is 1. The summed E-state index contributed by atoms with van der Waals surface area (Å²) in [6.07, 6.45) is 3.35. The van der Waals surface area contributed by atoms with Crippen molar-refractivity contribution in [2.75, 3.05) is 13.7 Å². The second-order valence-corrected chi connectivity index (χ2v) is 5.52. The van der Waals surface area contributed by atoms with Crippen LogP contribution in [0.4, 0.5) is 0 Å². The van der Waals surface area contributed by atoms with Crippen molar-refractivity contribution in [3.8, 4) is 11.5 Å². The van der Waals surface area contributed by atoms with Gasteiger partial charge in [-0.25, -0.2) is 10.4 Å². The summed E-state index contributed by atoms with van der Waals surface area (Å²) in [5.74, 6) is 0.952. The van der Waals surface area contributed by atoms with Gasteiger partial charge in [0, 0.05) is 6.20 Å². The lowest BCUT2D eigenvalue weighted by Gasteiger charge is -2.09. The third kappa shape index (κ3) is 3.51. The van der Waals surface area contributed by atoms with Gasteiger partial charge in [-0.2, -0.15) is 5.10 Å². The van der Waals surface area contributed by atoms with Crippen LogP contribution in [0.25, 0.3) is 5.65 Å². The Balaban J connectivity index is 1.77. The van der Waals surface area contributed by atoms with E-state index >= 15 is 0 Å². The maximum absolute atomic E-state index is 12.5. The van der Waals surface area contributed by atoms with E-state index in [2.05, 4.69) is 15.5 Å². The highest BCUT2D eigenvalue weighted by Crippen LogP contribution is 2.27. The van der Waals surface area contributed by atoms with E-state index in [0.717, 1.165) is 11.2 Å². The fourth-order valence-corrected chi connectivity index (χ4v) is 2.65. The fourth-order valence-electron chi connectivity index (χ4n) is 2.65. The second-order valence-electron chi connectivity index (χ2n) is 5.52. The minimum atomic E-state index is -0.323. The number of hydrazone groups is 1. The first-order chi connectivity index (χ1) is 12.6. The molecule has 3 aromatic rings. The maximum Gasteiger partial charge on any atom is 0.290 e. The number of rotatable bonds is 6. The van der Waals surface area contributed by atoms with Gasteiger partial charge < -0.3 is 9.47 Å². The van der Waals surface area contributed by atoms with Gasteiger partial charge in [0.2, 0.25) is 0 Å². The topological polar surface area (TPSA) is 77.2 Å². The van der Waals surface area contributed by atoms with Crippen molar-refractivity contribution in [3.05, 3.63) is 59.5 Å². The number of nitrogens with zero attached hydrogens (tertiary/aromatic N) is 3. The van der Waals surface area contributed by atoms with E-state index in [9.17, 15) is 4.79 Å². The molecule has 2 aromatic heterocycles. The Hall–Kier alpha value is -3.35. The zero-order chi connectivity index (χ0) is 18.5. The minimum absolute atomic E-state index is 0.323. The van der Waals surface area contributed by atoms with Crippen LogP contribution in [-0.4, -0.2) is 35.2 Å². The summed E-state index contributed by atoms with van der Waals surface area (Å²) in [6.45, 7) is 4.23. The van der Waals surface area contributed by atoms with Crippen LogP contribution < -0.4 is 14.9 Å². The standard InChI is InChI=1S/C19H20N4O3/c1-4-26-16-11-14(8-9-15(16)25-3)12-20-22-19(24)18-13(2)21-17-7-5-6-10-23(17)18/h5-12H,4H2,1-3H3,(H,22,24)/b20-12-. The van der Waals surface area contributed by atoms with Crippen molar-refractivity contribution in [2.24, 2.45) is 5.10 Å². The van der Waals surface area contributed by atoms with E-state index < -0.39 is 0 Å². The number of hydrogen-bond acceptors (Lipinski definition) is 5. The number of aryl methyl sites for hydroxylation is 1. The third-order valence-corrected chi connectivity index (χ3v) is 3.79. The third-order valence-electron chi connectivity index (χ3n) is 3.79. The average molecular weight is 352 g/mol.